The van der Waals surface area contributed by atoms with E-state index in [0.717, 1.165) is 31.4 Å². The minimum atomic E-state index is -4.42. The van der Waals surface area contributed by atoms with E-state index in [-0.39, 0.29) is 23.6 Å². The van der Waals surface area contributed by atoms with Crippen LogP contribution in [0, 0.1) is 5.92 Å². The van der Waals surface area contributed by atoms with Gasteiger partial charge in [-0.05, 0) is 37.5 Å². The van der Waals surface area contributed by atoms with Crippen molar-refractivity contribution in [1.29, 1.82) is 0 Å². The summed E-state index contributed by atoms with van der Waals surface area (Å²) in [5.74, 6) is -0.264. The van der Waals surface area contributed by atoms with Crippen LogP contribution in [0.2, 0.25) is 0 Å². The Morgan fingerprint density at radius 1 is 1.32 bits per heavy atom. The zero-order valence-corrected chi connectivity index (χ0v) is 13.5. The number of hydrogen-bond acceptors (Lipinski definition) is 3. The summed E-state index contributed by atoms with van der Waals surface area (Å²) < 4.78 is 39.7. The Morgan fingerprint density at radius 3 is 2.84 bits per heavy atom. The molecular formula is C17H19F3N4O. The first-order valence-corrected chi connectivity index (χ1v) is 8.11. The zero-order chi connectivity index (χ0) is 18.0. The lowest BCUT2D eigenvalue weighted by molar-refractivity contribution is -0.137. The summed E-state index contributed by atoms with van der Waals surface area (Å²) >= 11 is 0. The van der Waals surface area contributed by atoms with Gasteiger partial charge in [0.25, 0.3) is 0 Å². The predicted octanol–water partition coefficient (Wildman–Crippen LogP) is 3.35. The van der Waals surface area contributed by atoms with E-state index in [1.807, 2.05) is 0 Å². The number of amides is 1. The maximum absolute atomic E-state index is 12.8. The van der Waals surface area contributed by atoms with Crippen LogP contribution in [0.15, 0.2) is 36.7 Å². The maximum Gasteiger partial charge on any atom is 0.416 e. The normalized spacial score (nSPS) is 21.1. The van der Waals surface area contributed by atoms with Gasteiger partial charge in [-0.2, -0.15) is 18.3 Å². The Kier molecular flexibility index (Phi) is 4.80. The second-order valence-corrected chi connectivity index (χ2v) is 6.33. The summed E-state index contributed by atoms with van der Waals surface area (Å²) in [7, 11) is 0. The highest BCUT2D eigenvalue weighted by Crippen LogP contribution is 2.30. The van der Waals surface area contributed by atoms with Gasteiger partial charge < -0.3 is 11.1 Å². The number of carbonyl (C=O) groups excluding carboxylic acids is 1. The quantitative estimate of drug-likeness (QED) is 0.890. The predicted molar refractivity (Wildman–Crippen MR) is 87.1 cm³/mol. The summed E-state index contributed by atoms with van der Waals surface area (Å²) in [5.41, 5.74) is 5.87. The van der Waals surface area contributed by atoms with Crippen molar-refractivity contribution in [2.24, 2.45) is 11.7 Å². The van der Waals surface area contributed by atoms with Gasteiger partial charge in [0.05, 0.1) is 29.3 Å². The van der Waals surface area contributed by atoms with Crippen LogP contribution in [0.25, 0.3) is 5.69 Å². The van der Waals surface area contributed by atoms with Crippen LogP contribution in [-0.2, 0) is 11.0 Å². The van der Waals surface area contributed by atoms with Crippen LogP contribution in [-0.4, -0.2) is 21.7 Å². The molecule has 8 heteroatoms. The van der Waals surface area contributed by atoms with E-state index in [4.69, 9.17) is 5.73 Å². The summed E-state index contributed by atoms with van der Waals surface area (Å²) in [4.78, 5) is 12.3. The van der Waals surface area contributed by atoms with E-state index in [2.05, 4.69) is 10.4 Å². The van der Waals surface area contributed by atoms with E-state index in [9.17, 15) is 18.0 Å². The van der Waals surface area contributed by atoms with Crippen molar-refractivity contribution < 1.29 is 18.0 Å². The first kappa shape index (κ1) is 17.5. The van der Waals surface area contributed by atoms with Crippen molar-refractivity contribution in [3.8, 4) is 5.69 Å². The van der Waals surface area contributed by atoms with Gasteiger partial charge in [-0.15, -0.1) is 0 Å². The lowest BCUT2D eigenvalue weighted by atomic mass is 9.85. The Bertz CT molecular complexity index is 756. The largest absolute Gasteiger partial charge is 0.416 e. The molecule has 0 aliphatic heterocycles. The Hall–Kier alpha value is -2.35. The van der Waals surface area contributed by atoms with Crippen molar-refractivity contribution in [3.63, 3.8) is 0 Å². The van der Waals surface area contributed by atoms with Crippen molar-refractivity contribution in [1.82, 2.24) is 9.78 Å². The van der Waals surface area contributed by atoms with Crippen molar-refractivity contribution in [2.45, 2.75) is 37.9 Å². The molecular weight excluding hydrogens is 333 g/mol. The van der Waals surface area contributed by atoms with E-state index < -0.39 is 11.7 Å². The van der Waals surface area contributed by atoms with E-state index >= 15 is 0 Å². The molecule has 2 unspecified atom stereocenters. The second kappa shape index (κ2) is 6.87. The molecule has 1 aliphatic rings. The molecule has 1 aromatic carbocycles. The van der Waals surface area contributed by atoms with Gasteiger partial charge in [-0.1, -0.05) is 12.5 Å². The molecule has 1 fully saturated rings. The molecule has 3 rings (SSSR count). The first-order valence-electron chi connectivity index (χ1n) is 8.11. The van der Waals surface area contributed by atoms with Crippen molar-refractivity contribution >= 4 is 11.6 Å². The van der Waals surface area contributed by atoms with Crippen LogP contribution in [0.4, 0.5) is 18.9 Å². The second-order valence-electron chi connectivity index (χ2n) is 6.33. The molecule has 0 bridgehead atoms. The molecule has 134 valence electrons. The molecule has 0 radical (unpaired) electrons. The average molecular weight is 352 g/mol. The van der Waals surface area contributed by atoms with Gasteiger partial charge in [0.15, 0.2) is 0 Å². The number of nitrogens with zero attached hydrogens (tertiary/aromatic N) is 2. The molecule has 2 atom stereocenters. The molecule has 0 saturated heterocycles. The summed E-state index contributed by atoms with van der Waals surface area (Å²) in [6, 6.07) is 4.90. The highest BCUT2D eigenvalue weighted by atomic mass is 19.4. The molecule has 1 saturated carbocycles. The molecule has 5 nitrogen and oxygen atoms in total. The van der Waals surface area contributed by atoms with E-state index in [0.29, 0.717) is 12.1 Å². The first-order chi connectivity index (χ1) is 11.8. The van der Waals surface area contributed by atoms with E-state index in [1.165, 1.54) is 29.2 Å². The number of rotatable bonds is 3. The number of alkyl halides is 3. The Balaban J connectivity index is 1.71. The summed E-state index contributed by atoms with van der Waals surface area (Å²) in [5, 5.41) is 6.80. The van der Waals surface area contributed by atoms with Gasteiger partial charge in [-0.3, -0.25) is 4.79 Å². The fourth-order valence-corrected chi connectivity index (χ4v) is 3.06. The fourth-order valence-electron chi connectivity index (χ4n) is 3.06. The van der Waals surface area contributed by atoms with Crippen LogP contribution >= 0.6 is 0 Å². The standard InChI is InChI=1S/C17H19F3N4O/c18-17(19,20)12-4-2-6-15(8-12)24-10-14(9-22-24)23-16(25)11-3-1-5-13(21)7-11/h2,4,6,8-11,13H,1,3,5,7,21H2,(H,23,25). The molecule has 25 heavy (non-hydrogen) atoms. The van der Waals surface area contributed by atoms with Crippen molar-refractivity contribution in [3.05, 3.63) is 42.2 Å². The summed E-state index contributed by atoms with van der Waals surface area (Å²) in [6.07, 6.45) is 1.78. The minimum Gasteiger partial charge on any atom is -0.328 e. The Labute approximate surface area is 143 Å². The Morgan fingerprint density at radius 2 is 2.12 bits per heavy atom. The van der Waals surface area contributed by atoms with Crippen molar-refractivity contribution in [2.75, 3.05) is 5.32 Å². The molecule has 2 aromatic rings. The minimum absolute atomic E-state index is 0.0392. The number of halogens is 3. The van der Waals surface area contributed by atoms with Crippen LogP contribution < -0.4 is 11.1 Å². The number of benzene rings is 1. The number of aromatic nitrogens is 2. The van der Waals surface area contributed by atoms with Crippen LogP contribution in [0.3, 0.4) is 0 Å². The van der Waals surface area contributed by atoms with Gasteiger partial charge in [-0.25, -0.2) is 4.68 Å². The van der Waals surface area contributed by atoms with Gasteiger partial charge in [0.2, 0.25) is 5.91 Å². The fraction of sp³-hybridized carbons (Fsp3) is 0.412. The molecule has 3 N–H and O–H groups in total. The molecule has 1 amide bonds. The SMILES string of the molecule is NC1CCCC(C(=O)Nc2cnn(-c3cccc(C(F)(F)F)c3)c2)C1. The van der Waals surface area contributed by atoms with Gasteiger partial charge >= 0.3 is 6.18 Å². The number of nitrogens with two attached hydrogens (primary N) is 1. The van der Waals surface area contributed by atoms with Gasteiger partial charge in [0, 0.05) is 12.0 Å². The van der Waals surface area contributed by atoms with Crippen LogP contribution in [0.5, 0.6) is 0 Å². The number of anilines is 1. The topological polar surface area (TPSA) is 72.9 Å². The summed E-state index contributed by atoms with van der Waals surface area (Å²) in [6.45, 7) is 0. The van der Waals surface area contributed by atoms with Crippen LogP contribution in [0.1, 0.15) is 31.2 Å². The lowest BCUT2D eigenvalue weighted by Gasteiger charge is -2.25. The third kappa shape index (κ3) is 4.19. The maximum atomic E-state index is 12.8. The molecule has 1 aliphatic carbocycles. The smallest absolute Gasteiger partial charge is 0.328 e. The average Bonchev–Trinajstić information content (AvgIpc) is 3.03. The molecule has 0 spiro atoms. The third-order valence-electron chi connectivity index (χ3n) is 4.37. The monoisotopic (exact) mass is 352 g/mol. The molecule has 1 heterocycles. The zero-order valence-electron chi connectivity index (χ0n) is 13.5. The third-order valence-corrected chi connectivity index (χ3v) is 4.37. The number of nitrogens with one attached hydrogen (secondary N) is 1. The number of carbonyl (C=O) groups is 1. The number of hydrogen-bond donors (Lipinski definition) is 2. The lowest BCUT2D eigenvalue weighted by Crippen LogP contribution is -2.34. The van der Waals surface area contributed by atoms with Gasteiger partial charge in [0.1, 0.15) is 0 Å². The highest BCUT2D eigenvalue weighted by Gasteiger charge is 2.30. The van der Waals surface area contributed by atoms with E-state index in [1.54, 1.807) is 0 Å². The highest BCUT2D eigenvalue weighted by molar-refractivity contribution is 5.92. The molecule has 1 aromatic heterocycles.